The summed E-state index contributed by atoms with van der Waals surface area (Å²) in [4.78, 5) is 29.8. The van der Waals surface area contributed by atoms with Gasteiger partial charge in [0.25, 0.3) is 5.56 Å². The maximum Gasteiger partial charge on any atom is 0.251 e. The van der Waals surface area contributed by atoms with Gasteiger partial charge in [0, 0.05) is 18.0 Å². The van der Waals surface area contributed by atoms with Gasteiger partial charge in [0.2, 0.25) is 5.91 Å². The number of aromatic amines is 1. The molecule has 6 nitrogen and oxygen atoms in total. The summed E-state index contributed by atoms with van der Waals surface area (Å²) in [6.07, 6.45) is 1.39. The molecular weight excluding hydrogens is 288 g/mol. The summed E-state index contributed by atoms with van der Waals surface area (Å²) in [5.41, 5.74) is 0.769. The predicted octanol–water partition coefficient (Wildman–Crippen LogP) is 1.76. The van der Waals surface area contributed by atoms with Gasteiger partial charge in [-0.05, 0) is 25.1 Å². The van der Waals surface area contributed by atoms with Crippen LogP contribution in [0, 0.1) is 11.3 Å². The Morgan fingerprint density at radius 1 is 1.48 bits per heavy atom. The Bertz CT molecular complexity index is 751. The van der Waals surface area contributed by atoms with E-state index in [1.54, 1.807) is 31.2 Å². The molecule has 1 heterocycles. The van der Waals surface area contributed by atoms with Gasteiger partial charge in [0.15, 0.2) is 5.16 Å². The minimum Gasteiger partial charge on any atom is -0.325 e. The zero-order valence-electron chi connectivity index (χ0n) is 11.2. The normalized spacial score (nSPS) is 11.4. The van der Waals surface area contributed by atoms with Crippen molar-refractivity contribution < 1.29 is 4.79 Å². The number of benzene rings is 1. The van der Waals surface area contributed by atoms with Crippen LogP contribution in [-0.2, 0) is 4.79 Å². The molecule has 0 bridgehead atoms. The van der Waals surface area contributed by atoms with E-state index in [1.165, 1.54) is 12.3 Å². The molecule has 1 atom stereocenters. The smallest absolute Gasteiger partial charge is 0.251 e. The summed E-state index contributed by atoms with van der Waals surface area (Å²) < 4.78 is 0. The number of rotatable bonds is 4. The van der Waals surface area contributed by atoms with Crippen LogP contribution in [0.4, 0.5) is 5.69 Å². The average molecular weight is 300 g/mol. The number of H-pyrrole nitrogens is 1. The van der Waals surface area contributed by atoms with Crippen molar-refractivity contribution in [2.75, 3.05) is 5.32 Å². The highest BCUT2D eigenvalue weighted by Gasteiger charge is 2.15. The Hall–Kier alpha value is -2.59. The molecule has 0 spiro atoms. The number of hydrogen-bond acceptors (Lipinski definition) is 5. The van der Waals surface area contributed by atoms with Gasteiger partial charge in [-0.15, -0.1) is 0 Å². The molecule has 0 aliphatic heterocycles. The third kappa shape index (κ3) is 4.19. The van der Waals surface area contributed by atoms with Crippen LogP contribution in [0.1, 0.15) is 12.5 Å². The molecule has 2 N–H and O–H groups in total. The van der Waals surface area contributed by atoms with Crippen LogP contribution >= 0.6 is 11.8 Å². The fraction of sp³-hybridized carbons (Fsp3) is 0.143. The fourth-order valence-electron chi connectivity index (χ4n) is 1.54. The van der Waals surface area contributed by atoms with E-state index >= 15 is 0 Å². The molecular formula is C14H12N4O2S. The first-order chi connectivity index (χ1) is 10.1. The van der Waals surface area contributed by atoms with Gasteiger partial charge in [0.1, 0.15) is 0 Å². The lowest BCUT2D eigenvalue weighted by Gasteiger charge is -2.11. The van der Waals surface area contributed by atoms with Gasteiger partial charge in [-0.2, -0.15) is 5.26 Å². The quantitative estimate of drug-likeness (QED) is 0.662. The van der Waals surface area contributed by atoms with Crippen molar-refractivity contribution in [2.24, 2.45) is 0 Å². The number of hydrogen-bond donors (Lipinski definition) is 2. The lowest BCUT2D eigenvalue weighted by atomic mass is 10.2. The molecule has 1 aromatic heterocycles. The van der Waals surface area contributed by atoms with Gasteiger partial charge in [-0.25, -0.2) is 4.98 Å². The maximum absolute atomic E-state index is 12.1. The molecule has 1 amide bonds. The van der Waals surface area contributed by atoms with Crippen molar-refractivity contribution in [3.8, 4) is 6.07 Å². The lowest BCUT2D eigenvalue weighted by Crippen LogP contribution is -2.23. The number of nitriles is 1. The summed E-state index contributed by atoms with van der Waals surface area (Å²) in [5.74, 6) is -0.235. The van der Waals surface area contributed by atoms with Crippen LogP contribution in [0.3, 0.4) is 0 Å². The van der Waals surface area contributed by atoms with Gasteiger partial charge in [0.05, 0.1) is 16.9 Å². The molecule has 1 unspecified atom stereocenters. The van der Waals surface area contributed by atoms with E-state index in [2.05, 4.69) is 15.3 Å². The second kappa shape index (κ2) is 6.72. The molecule has 0 radical (unpaired) electrons. The lowest BCUT2D eigenvalue weighted by molar-refractivity contribution is -0.115. The van der Waals surface area contributed by atoms with E-state index in [4.69, 9.17) is 5.26 Å². The third-order valence-electron chi connectivity index (χ3n) is 2.56. The predicted molar refractivity (Wildman–Crippen MR) is 80.0 cm³/mol. The van der Waals surface area contributed by atoms with Gasteiger partial charge in [-0.1, -0.05) is 17.8 Å². The molecule has 2 rings (SSSR count). The average Bonchev–Trinajstić information content (AvgIpc) is 2.47. The van der Waals surface area contributed by atoms with E-state index in [0.717, 1.165) is 11.8 Å². The van der Waals surface area contributed by atoms with Crippen LogP contribution in [0.2, 0.25) is 0 Å². The van der Waals surface area contributed by atoms with E-state index in [0.29, 0.717) is 16.4 Å². The molecule has 0 saturated carbocycles. The Labute approximate surface area is 125 Å². The summed E-state index contributed by atoms with van der Waals surface area (Å²) in [7, 11) is 0. The van der Waals surface area contributed by atoms with Crippen LogP contribution in [0.25, 0.3) is 0 Å². The molecule has 0 aliphatic rings. The van der Waals surface area contributed by atoms with Crippen molar-refractivity contribution in [3.63, 3.8) is 0 Å². The summed E-state index contributed by atoms with van der Waals surface area (Å²) in [6.45, 7) is 1.71. The monoisotopic (exact) mass is 300 g/mol. The van der Waals surface area contributed by atoms with Gasteiger partial charge in [-0.3, -0.25) is 9.59 Å². The standard InChI is InChI=1S/C14H12N4O2S/c1-9(21-14-16-6-5-12(19)18-14)13(20)17-11-4-2-3-10(7-11)8-15/h2-7,9H,1H3,(H,17,20)(H,16,18,19). The first-order valence-electron chi connectivity index (χ1n) is 6.11. The van der Waals surface area contributed by atoms with E-state index < -0.39 is 5.25 Å². The van der Waals surface area contributed by atoms with Crippen LogP contribution in [-0.4, -0.2) is 21.1 Å². The zero-order chi connectivity index (χ0) is 15.2. The maximum atomic E-state index is 12.1. The van der Waals surface area contributed by atoms with Crippen molar-refractivity contribution >= 4 is 23.4 Å². The molecule has 106 valence electrons. The van der Waals surface area contributed by atoms with E-state index in [1.807, 2.05) is 6.07 Å². The summed E-state index contributed by atoms with van der Waals surface area (Å²) in [5, 5.41) is 11.5. The SMILES string of the molecule is CC(Sc1nccc(=O)[nH]1)C(=O)Nc1cccc(C#N)c1. The first kappa shape index (κ1) is 14.8. The highest BCUT2D eigenvalue weighted by Crippen LogP contribution is 2.19. The number of carbonyl (C=O) groups is 1. The van der Waals surface area contributed by atoms with Crippen molar-refractivity contribution in [1.29, 1.82) is 5.26 Å². The third-order valence-corrected chi connectivity index (χ3v) is 3.56. The Kier molecular flexibility index (Phi) is 4.74. The van der Waals surface area contributed by atoms with Crippen LogP contribution in [0.5, 0.6) is 0 Å². The Morgan fingerprint density at radius 2 is 2.29 bits per heavy atom. The highest BCUT2D eigenvalue weighted by atomic mass is 32.2. The second-order valence-electron chi connectivity index (χ2n) is 4.18. The van der Waals surface area contributed by atoms with Crippen molar-refractivity contribution in [3.05, 3.63) is 52.4 Å². The Morgan fingerprint density at radius 3 is 3.00 bits per heavy atom. The highest BCUT2D eigenvalue weighted by molar-refractivity contribution is 8.00. The van der Waals surface area contributed by atoms with Crippen molar-refractivity contribution in [1.82, 2.24) is 9.97 Å². The minimum absolute atomic E-state index is 0.235. The fourth-order valence-corrected chi connectivity index (χ4v) is 2.33. The summed E-state index contributed by atoms with van der Waals surface area (Å²) in [6, 6.07) is 9.98. The number of aromatic nitrogens is 2. The van der Waals surface area contributed by atoms with Gasteiger partial charge < -0.3 is 10.3 Å². The van der Waals surface area contributed by atoms with E-state index in [-0.39, 0.29) is 11.5 Å². The number of amides is 1. The minimum atomic E-state index is -0.443. The summed E-state index contributed by atoms with van der Waals surface area (Å²) >= 11 is 1.15. The van der Waals surface area contributed by atoms with Crippen molar-refractivity contribution in [2.45, 2.75) is 17.3 Å². The largest absolute Gasteiger partial charge is 0.325 e. The second-order valence-corrected chi connectivity index (χ2v) is 5.51. The molecule has 7 heteroatoms. The number of nitrogens with one attached hydrogen (secondary N) is 2. The molecule has 2 aromatic rings. The van der Waals surface area contributed by atoms with E-state index in [9.17, 15) is 9.59 Å². The van der Waals surface area contributed by atoms with Crippen LogP contribution in [0.15, 0.2) is 46.5 Å². The zero-order valence-corrected chi connectivity index (χ0v) is 12.0. The molecule has 0 aliphatic carbocycles. The van der Waals surface area contributed by atoms with Crippen LogP contribution < -0.4 is 10.9 Å². The molecule has 0 saturated heterocycles. The number of thioether (sulfide) groups is 1. The Balaban J connectivity index is 2.02. The molecule has 21 heavy (non-hydrogen) atoms. The molecule has 0 fully saturated rings. The number of anilines is 1. The number of nitrogens with zero attached hydrogens (tertiary/aromatic N) is 2. The number of carbonyl (C=O) groups excluding carboxylic acids is 1. The van der Waals surface area contributed by atoms with Gasteiger partial charge >= 0.3 is 0 Å². The topological polar surface area (TPSA) is 98.6 Å². The first-order valence-corrected chi connectivity index (χ1v) is 6.99. The molecule has 1 aromatic carbocycles.